The Kier molecular flexibility index (Phi) is 5.50. The number of aryl methyl sites for hydroxylation is 1. The Labute approximate surface area is 121 Å². The molecule has 108 valence electrons. The molecule has 0 bridgehead atoms. The normalized spacial score (nSPS) is 15.8. The van der Waals surface area contributed by atoms with E-state index in [2.05, 4.69) is 35.0 Å². The van der Waals surface area contributed by atoms with Crippen molar-refractivity contribution in [2.45, 2.75) is 27.3 Å². The fourth-order valence-corrected chi connectivity index (χ4v) is 2.50. The lowest BCUT2D eigenvalue weighted by Crippen LogP contribution is -2.35. The molecule has 1 aromatic carbocycles. The first-order valence-corrected chi connectivity index (χ1v) is 7.48. The van der Waals surface area contributed by atoms with Gasteiger partial charge in [-0.15, -0.1) is 0 Å². The molecule has 0 N–H and O–H groups in total. The van der Waals surface area contributed by atoms with Crippen molar-refractivity contribution in [3.63, 3.8) is 0 Å². The van der Waals surface area contributed by atoms with Crippen molar-refractivity contribution >= 4 is 10.9 Å². The zero-order valence-electron chi connectivity index (χ0n) is 12.7. The molecule has 3 heteroatoms. The monoisotopic (exact) mass is 272 g/mol. The average Bonchev–Trinajstić information content (AvgIpc) is 2.53. The van der Waals surface area contributed by atoms with Gasteiger partial charge in [-0.1, -0.05) is 32.0 Å². The molecular weight excluding hydrogens is 248 g/mol. The van der Waals surface area contributed by atoms with Crippen molar-refractivity contribution in [1.29, 1.82) is 0 Å². The zero-order chi connectivity index (χ0) is 14.4. The van der Waals surface area contributed by atoms with Crippen LogP contribution >= 0.6 is 0 Å². The van der Waals surface area contributed by atoms with E-state index in [4.69, 9.17) is 4.74 Å². The fraction of sp³-hybridized carbons (Fsp3) is 0.471. The molecule has 2 heterocycles. The molecule has 0 unspecified atom stereocenters. The summed E-state index contributed by atoms with van der Waals surface area (Å²) in [5.41, 5.74) is 3.81. The maximum Gasteiger partial charge on any atom is 0.0734 e. The summed E-state index contributed by atoms with van der Waals surface area (Å²) >= 11 is 0. The maximum absolute atomic E-state index is 5.38. The number of ether oxygens (including phenoxy) is 1. The topological polar surface area (TPSA) is 25.4 Å². The minimum atomic E-state index is 0.852. The number of pyridine rings is 1. The highest BCUT2D eigenvalue weighted by Gasteiger charge is 2.12. The summed E-state index contributed by atoms with van der Waals surface area (Å²) in [4.78, 5) is 6.94. The Morgan fingerprint density at radius 3 is 2.65 bits per heavy atom. The van der Waals surface area contributed by atoms with E-state index in [1.54, 1.807) is 0 Å². The Balaban J connectivity index is 0.000000704. The van der Waals surface area contributed by atoms with Gasteiger partial charge in [0.2, 0.25) is 0 Å². The predicted octanol–water partition coefficient (Wildman–Crippen LogP) is 3.40. The van der Waals surface area contributed by atoms with E-state index in [0.717, 1.165) is 38.4 Å². The van der Waals surface area contributed by atoms with Gasteiger partial charge in [-0.05, 0) is 24.1 Å². The van der Waals surface area contributed by atoms with Crippen molar-refractivity contribution in [3.8, 4) is 0 Å². The van der Waals surface area contributed by atoms with Crippen LogP contribution in [0.2, 0.25) is 0 Å². The number of fused-ring (bicyclic) bond motifs is 1. The van der Waals surface area contributed by atoms with Crippen molar-refractivity contribution in [2.24, 2.45) is 0 Å². The van der Waals surface area contributed by atoms with Crippen LogP contribution in [0.4, 0.5) is 0 Å². The second kappa shape index (κ2) is 7.36. The molecule has 3 nitrogen and oxygen atoms in total. The van der Waals surface area contributed by atoms with Gasteiger partial charge < -0.3 is 4.74 Å². The second-order valence-electron chi connectivity index (χ2n) is 4.81. The van der Waals surface area contributed by atoms with Gasteiger partial charge in [0, 0.05) is 31.2 Å². The standard InChI is InChI=1S/C15H18N2O.C2H6/c1-12-14(11-17-7-9-18-10-8-17)5-4-13-3-2-6-16-15(12)13;1-2/h2-6H,7-11H2,1H3;1-2H3. The van der Waals surface area contributed by atoms with Crippen molar-refractivity contribution in [1.82, 2.24) is 9.88 Å². The molecule has 2 aromatic rings. The first-order chi connectivity index (χ1) is 9.84. The van der Waals surface area contributed by atoms with Gasteiger partial charge in [-0.25, -0.2) is 0 Å². The van der Waals surface area contributed by atoms with E-state index >= 15 is 0 Å². The van der Waals surface area contributed by atoms with Crippen LogP contribution in [-0.2, 0) is 11.3 Å². The number of hydrogen-bond donors (Lipinski definition) is 0. The third-order valence-corrected chi connectivity index (χ3v) is 3.64. The summed E-state index contributed by atoms with van der Waals surface area (Å²) in [6.07, 6.45) is 1.87. The van der Waals surface area contributed by atoms with Gasteiger partial charge in [0.1, 0.15) is 0 Å². The summed E-state index contributed by atoms with van der Waals surface area (Å²) in [6, 6.07) is 8.51. The Morgan fingerprint density at radius 2 is 1.90 bits per heavy atom. The van der Waals surface area contributed by atoms with E-state index in [-0.39, 0.29) is 0 Å². The minimum absolute atomic E-state index is 0.852. The first kappa shape index (κ1) is 14.9. The van der Waals surface area contributed by atoms with Crippen LogP contribution in [0.15, 0.2) is 30.5 Å². The lowest BCUT2D eigenvalue weighted by molar-refractivity contribution is 0.0341. The zero-order valence-corrected chi connectivity index (χ0v) is 12.7. The summed E-state index contributed by atoms with van der Waals surface area (Å²) in [7, 11) is 0. The van der Waals surface area contributed by atoms with Crippen molar-refractivity contribution in [2.75, 3.05) is 26.3 Å². The summed E-state index contributed by atoms with van der Waals surface area (Å²) in [5.74, 6) is 0. The Morgan fingerprint density at radius 1 is 1.15 bits per heavy atom. The van der Waals surface area contributed by atoms with Crippen molar-refractivity contribution in [3.05, 3.63) is 41.6 Å². The van der Waals surface area contributed by atoms with Gasteiger partial charge in [0.05, 0.1) is 18.7 Å². The number of benzene rings is 1. The van der Waals surface area contributed by atoms with Crippen molar-refractivity contribution < 1.29 is 4.74 Å². The molecule has 20 heavy (non-hydrogen) atoms. The molecule has 0 saturated carbocycles. The number of morpholine rings is 1. The quantitative estimate of drug-likeness (QED) is 0.838. The lowest BCUT2D eigenvalue weighted by Gasteiger charge is -2.27. The largest absolute Gasteiger partial charge is 0.379 e. The summed E-state index contributed by atoms with van der Waals surface area (Å²) in [6.45, 7) is 10.9. The molecule has 0 atom stereocenters. The Hall–Kier alpha value is -1.45. The van der Waals surface area contributed by atoms with E-state index in [1.807, 2.05) is 26.1 Å². The van der Waals surface area contributed by atoms with E-state index in [0.29, 0.717) is 0 Å². The molecule has 1 fully saturated rings. The Bertz CT molecular complexity index is 548. The average molecular weight is 272 g/mol. The molecule has 1 aliphatic rings. The van der Waals surface area contributed by atoms with Gasteiger partial charge >= 0.3 is 0 Å². The highest BCUT2D eigenvalue weighted by atomic mass is 16.5. The summed E-state index contributed by atoms with van der Waals surface area (Å²) < 4.78 is 5.38. The fourth-order valence-electron chi connectivity index (χ4n) is 2.50. The van der Waals surface area contributed by atoms with Crippen LogP contribution in [0.25, 0.3) is 10.9 Å². The highest BCUT2D eigenvalue weighted by molar-refractivity contribution is 5.82. The number of hydrogen-bond acceptors (Lipinski definition) is 3. The van der Waals surface area contributed by atoms with Crippen LogP contribution in [0.5, 0.6) is 0 Å². The lowest BCUT2D eigenvalue weighted by atomic mass is 10.0. The molecular formula is C17H24N2O. The number of rotatable bonds is 2. The van der Waals surface area contributed by atoms with E-state index < -0.39 is 0 Å². The van der Waals surface area contributed by atoms with Crippen LogP contribution in [-0.4, -0.2) is 36.2 Å². The molecule has 0 spiro atoms. The minimum Gasteiger partial charge on any atom is -0.379 e. The van der Waals surface area contributed by atoms with Crippen LogP contribution in [0.1, 0.15) is 25.0 Å². The van der Waals surface area contributed by atoms with Crippen LogP contribution in [0.3, 0.4) is 0 Å². The van der Waals surface area contributed by atoms with Gasteiger partial charge in [0.25, 0.3) is 0 Å². The number of aromatic nitrogens is 1. The molecule has 0 amide bonds. The molecule has 1 aromatic heterocycles. The highest BCUT2D eigenvalue weighted by Crippen LogP contribution is 2.21. The predicted molar refractivity (Wildman–Crippen MR) is 83.9 cm³/mol. The van der Waals surface area contributed by atoms with Gasteiger partial charge in [-0.3, -0.25) is 9.88 Å². The third kappa shape index (κ3) is 3.35. The number of nitrogens with zero attached hydrogens (tertiary/aromatic N) is 2. The van der Waals surface area contributed by atoms with Crippen LogP contribution in [0, 0.1) is 6.92 Å². The van der Waals surface area contributed by atoms with Gasteiger partial charge in [-0.2, -0.15) is 0 Å². The summed E-state index contributed by atoms with van der Waals surface area (Å²) in [5, 5.41) is 1.22. The molecule has 1 aliphatic heterocycles. The third-order valence-electron chi connectivity index (χ3n) is 3.64. The molecule has 1 saturated heterocycles. The maximum atomic E-state index is 5.38. The first-order valence-electron chi connectivity index (χ1n) is 7.48. The molecule has 3 rings (SSSR count). The van der Waals surface area contributed by atoms with E-state index in [9.17, 15) is 0 Å². The molecule has 0 radical (unpaired) electrons. The molecule has 0 aliphatic carbocycles. The SMILES string of the molecule is CC.Cc1c(CN2CCOCC2)ccc2cccnc12. The second-order valence-corrected chi connectivity index (χ2v) is 4.81. The van der Waals surface area contributed by atoms with E-state index in [1.165, 1.54) is 16.5 Å². The smallest absolute Gasteiger partial charge is 0.0734 e. The van der Waals surface area contributed by atoms with Gasteiger partial charge in [0.15, 0.2) is 0 Å². The van der Waals surface area contributed by atoms with Crippen LogP contribution < -0.4 is 0 Å².